The Hall–Kier alpha value is -1.79. The minimum Gasteiger partial charge on any atom is -0.497 e. The number of methoxy groups -OCH3 is 1. The van der Waals surface area contributed by atoms with E-state index >= 15 is 0 Å². The predicted octanol–water partition coefficient (Wildman–Crippen LogP) is 3.52. The second-order valence-corrected chi connectivity index (χ2v) is 8.47. The number of likely N-dealkylation sites (tertiary alicyclic amines) is 1. The molecule has 1 fully saturated rings. The van der Waals surface area contributed by atoms with Crippen molar-refractivity contribution >= 4 is 5.96 Å². The van der Waals surface area contributed by atoms with Gasteiger partial charge in [0.15, 0.2) is 5.96 Å². The highest BCUT2D eigenvalue weighted by Crippen LogP contribution is 2.19. The molecule has 0 saturated carbocycles. The lowest BCUT2D eigenvalue weighted by atomic mass is 9.96. The maximum atomic E-state index is 5.83. The van der Waals surface area contributed by atoms with E-state index in [-0.39, 0.29) is 0 Å². The highest BCUT2D eigenvalue weighted by atomic mass is 16.5. The van der Waals surface area contributed by atoms with Gasteiger partial charge in [-0.3, -0.25) is 9.89 Å². The van der Waals surface area contributed by atoms with E-state index in [0.717, 1.165) is 57.5 Å². The SMILES string of the molecule is CCOC(CCNC(=NC)NCC1CCN(Cc2ccc(OC)cc2)CC1)C(C)C. The zero-order valence-corrected chi connectivity index (χ0v) is 19.6. The second-order valence-electron chi connectivity index (χ2n) is 8.47. The van der Waals surface area contributed by atoms with Gasteiger partial charge in [-0.05, 0) is 68.8 Å². The number of nitrogens with one attached hydrogen (secondary N) is 2. The molecule has 6 heteroatoms. The summed E-state index contributed by atoms with van der Waals surface area (Å²) in [6.45, 7) is 12.4. The van der Waals surface area contributed by atoms with Crippen molar-refractivity contribution in [2.75, 3.05) is 46.9 Å². The van der Waals surface area contributed by atoms with E-state index in [1.54, 1.807) is 7.11 Å². The summed E-state index contributed by atoms with van der Waals surface area (Å²) in [5, 5.41) is 6.96. The predicted molar refractivity (Wildman–Crippen MR) is 125 cm³/mol. The first kappa shape index (κ1) is 24.5. The fourth-order valence-corrected chi connectivity index (χ4v) is 3.96. The first-order valence-electron chi connectivity index (χ1n) is 11.5. The highest BCUT2D eigenvalue weighted by Gasteiger charge is 2.19. The molecule has 1 aromatic rings. The lowest BCUT2D eigenvalue weighted by molar-refractivity contribution is 0.0258. The monoisotopic (exact) mass is 418 g/mol. The Balaban J connectivity index is 1.65. The molecule has 1 atom stereocenters. The number of guanidine groups is 1. The summed E-state index contributed by atoms with van der Waals surface area (Å²) in [6, 6.07) is 8.42. The molecule has 2 N–H and O–H groups in total. The summed E-state index contributed by atoms with van der Waals surface area (Å²) in [5.41, 5.74) is 1.35. The summed E-state index contributed by atoms with van der Waals surface area (Å²) in [7, 11) is 3.55. The van der Waals surface area contributed by atoms with E-state index in [2.05, 4.69) is 53.4 Å². The zero-order chi connectivity index (χ0) is 21.8. The molecule has 6 nitrogen and oxygen atoms in total. The third-order valence-electron chi connectivity index (χ3n) is 5.90. The number of aliphatic imine (C=N–C) groups is 1. The van der Waals surface area contributed by atoms with E-state index in [0.29, 0.717) is 17.9 Å². The number of benzene rings is 1. The van der Waals surface area contributed by atoms with E-state index < -0.39 is 0 Å². The van der Waals surface area contributed by atoms with Crippen LogP contribution in [0.3, 0.4) is 0 Å². The molecule has 1 heterocycles. The number of rotatable bonds is 11. The molecule has 0 aliphatic carbocycles. The Bertz CT molecular complexity index is 610. The largest absolute Gasteiger partial charge is 0.497 e. The van der Waals surface area contributed by atoms with Crippen LogP contribution >= 0.6 is 0 Å². The van der Waals surface area contributed by atoms with Gasteiger partial charge in [-0.15, -0.1) is 0 Å². The molecule has 1 aliphatic rings. The molecule has 1 saturated heterocycles. The Kier molecular flexibility index (Phi) is 11.0. The van der Waals surface area contributed by atoms with Crippen LogP contribution in [0.5, 0.6) is 5.75 Å². The molecule has 170 valence electrons. The molecule has 1 unspecified atom stereocenters. The molecule has 1 aliphatic heterocycles. The number of ether oxygens (including phenoxy) is 2. The molecule has 0 aromatic heterocycles. The van der Waals surface area contributed by atoms with Crippen LogP contribution in [0.2, 0.25) is 0 Å². The summed E-state index contributed by atoms with van der Waals surface area (Å²) in [4.78, 5) is 6.92. The van der Waals surface area contributed by atoms with Crippen LogP contribution in [0.15, 0.2) is 29.3 Å². The average Bonchev–Trinajstić information content (AvgIpc) is 2.76. The van der Waals surface area contributed by atoms with Crippen molar-refractivity contribution in [1.29, 1.82) is 0 Å². The molecular formula is C24H42N4O2. The van der Waals surface area contributed by atoms with Crippen molar-refractivity contribution in [3.05, 3.63) is 29.8 Å². The van der Waals surface area contributed by atoms with Crippen LogP contribution in [-0.2, 0) is 11.3 Å². The maximum absolute atomic E-state index is 5.83. The first-order valence-corrected chi connectivity index (χ1v) is 11.5. The van der Waals surface area contributed by atoms with Gasteiger partial charge in [0.25, 0.3) is 0 Å². The average molecular weight is 419 g/mol. The third-order valence-corrected chi connectivity index (χ3v) is 5.90. The molecule has 1 aromatic carbocycles. The third kappa shape index (κ3) is 8.52. The van der Waals surface area contributed by atoms with Gasteiger partial charge < -0.3 is 20.1 Å². The summed E-state index contributed by atoms with van der Waals surface area (Å²) in [5.74, 6) is 3.05. The van der Waals surface area contributed by atoms with Gasteiger partial charge >= 0.3 is 0 Å². The van der Waals surface area contributed by atoms with Crippen molar-refractivity contribution in [3.8, 4) is 5.75 Å². The fourth-order valence-electron chi connectivity index (χ4n) is 3.96. The molecular weight excluding hydrogens is 376 g/mol. The van der Waals surface area contributed by atoms with Crippen LogP contribution < -0.4 is 15.4 Å². The van der Waals surface area contributed by atoms with Crippen LogP contribution in [0.25, 0.3) is 0 Å². The number of hydrogen-bond acceptors (Lipinski definition) is 4. The number of piperidine rings is 1. The van der Waals surface area contributed by atoms with Crippen molar-refractivity contribution in [3.63, 3.8) is 0 Å². The summed E-state index contributed by atoms with van der Waals surface area (Å²) in [6.07, 6.45) is 3.74. The number of hydrogen-bond donors (Lipinski definition) is 2. The van der Waals surface area contributed by atoms with E-state index in [9.17, 15) is 0 Å². The zero-order valence-electron chi connectivity index (χ0n) is 19.6. The first-order chi connectivity index (χ1) is 14.5. The van der Waals surface area contributed by atoms with E-state index in [1.807, 2.05) is 19.2 Å². The van der Waals surface area contributed by atoms with Crippen LogP contribution in [0.1, 0.15) is 45.6 Å². The molecule has 0 bridgehead atoms. The lowest BCUT2D eigenvalue weighted by Crippen LogP contribution is -2.43. The van der Waals surface area contributed by atoms with Crippen LogP contribution in [0, 0.1) is 11.8 Å². The summed E-state index contributed by atoms with van der Waals surface area (Å²) < 4.78 is 11.1. The van der Waals surface area contributed by atoms with E-state index in [4.69, 9.17) is 9.47 Å². The Morgan fingerprint density at radius 2 is 1.87 bits per heavy atom. The molecule has 30 heavy (non-hydrogen) atoms. The second kappa shape index (κ2) is 13.5. The molecule has 0 amide bonds. The Morgan fingerprint density at radius 1 is 1.17 bits per heavy atom. The minimum absolute atomic E-state index is 0.302. The van der Waals surface area contributed by atoms with Gasteiger partial charge in [0, 0.05) is 33.3 Å². The van der Waals surface area contributed by atoms with Gasteiger partial charge in [0.1, 0.15) is 5.75 Å². The van der Waals surface area contributed by atoms with Gasteiger partial charge in [0.05, 0.1) is 13.2 Å². The maximum Gasteiger partial charge on any atom is 0.190 e. The van der Waals surface area contributed by atoms with Crippen LogP contribution in [0.4, 0.5) is 0 Å². The smallest absolute Gasteiger partial charge is 0.190 e. The van der Waals surface area contributed by atoms with Gasteiger partial charge in [-0.1, -0.05) is 26.0 Å². The normalized spacial score (nSPS) is 17.2. The van der Waals surface area contributed by atoms with Crippen LogP contribution in [-0.4, -0.2) is 63.9 Å². The molecule has 2 rings (SSSR count). The lowest BCUT2D eigenvalue weighted by Gasteiger charge is -2.32. The highest BCUT2D eigenvalue weighted by molar-refractivity contribution is 5.79. The molecule has 0 spiro atoms. The standard InChI is InChI=1S/C24H42N4O2/c1-6-30-23(19(2)3)11-14-26-24(25-4)27-17-20-12-15-28(16-13-20)18-21-7-9-22(29-5)10-8-21/h7-10,19-20,23H,6,11-18H2,1-5H3,(H2,25,26,27). The van der Waals surface area contributed by atoms with Gasteiger partial charge in [-0.25, -0.2) is 0 Å². The Labute approximate surface area is 183 Å². The van der Waals surface area contributed by atoms with Gasteiger partial charge in [0.2, 0.25) is 0 Å². The van der Waals surface area contributed by atoms with Crippen molar-refractivity contribution in [1.82, 2.24) is 15.5 Å². The Morgan fingerprint density at radius 3 is 2.43 bits per heavy atom. The van der Waals surface area contributed by atoms with E-state index in [1.165, 1.54) is 18.4 Å². The fraction of sp³-hybridized carbons (Fsp3) is 0.708. The topological polar surface area (TPSA) is 58.1 Å². The minimum atomic E-state index is 0.302. The molecule has 0 radical (unpaired) electrons. The van der Waals surface area contributed by atoms with Crippen molar-refractivity contribution < 1.29 is 9.47 Å². The number of nitrogens with zero attached hydrogens (tertiary/aromatic N) is 2. The van der Waals surface area contributed by atoms with Crippen molar-refractivity contribution in [2.45, 2.75) is 52.7 Å². The quantitative estimate of drug-likeness (QED) is 0.425. The van der Waals surface area contributed by atoms with Gasteiger partial charge in [-0.2, -0.15) is 0 Å². The van der Waals surface area contributed by atoms with Crippen molar-refractivity contribution in [2.24, 2.45) is 16.8 Å². The summed E-state index contributed by atoms with van der Waals surface area (Å²) >= 11 is 0.